The Kier molecular flexibility index (Phi) is 2.96. The van der Waals surface area contributed by atoms with E-state index in [9.17, 15) is 9.90 Å². The van der Waals surface area contributed by atoms with Crippen molar-refractivity contribution < 1.29 is 9.90 Å². The van der Waals surface area contributed by atoms with Crippen molar-refractivity contribution in [1.82, 2.24) is 0 Å². The van der Waals surface area contributed by atoms with Crippen molar-refractivity contribution in [2.45, 2.75) is 71.3 Å². The van der Waals surface area contributed by atoms with Crippen LogP contribution in [0.3, 0.4) is 0 Å². The van der Waals surface area contributed by atoms with E-state index in [0.29, 0.717) is 29.5 Å². The van der Waals surface area contributed by atoms with Crippen LogP contribution in [0.2, 0.25) is 0 Å². The number of hydrogen-bond donors (Lipinski definition) is 1. The van der Waals surface area contributed by atoms with Crippen molar-refractivity contribution in [3.8, 4) is 0 Å². The largest absolute Gasteiger partial charge is 0.393 e. The first-order valence-corrected chi connectivity index (χ1v) is 8.86. The van der Waals surface area contributed by atoms with E-state index in [2.05, 4.69) is 13.8 Å². The summed E-state index contributed by atoms with van der Waals surface area (Å²) in [5.74, 6) is 2.18. The van der Waals surface area contributed by atoms with Gasteiger partial charge in [-0.05, 0) is 73.2 Å². The van der Waals surface area contributed by atoms with E-state index in [4.69, 9.17) is 0 Å². The molecule has 0 radical (unpaired) electrons. The summed E-state index contributed by atoms with van der Waals surface area (Å²) in [6.45, 7) is 4.76. The summed E-state index contributed by atoms with van der Waals surface area (Å²) >= 11 is 0. The molecule has 2 heteroatoms. The number of fused-ring (bicyclic) bond motifs is 5. The molecule has 3 saturated carbocycles. The minimum absolute atomic E-state index is 0.0835. The Morgan fingerprint density at radius 3 is 2.81 bits per heavy atom. The minimum atomic E-state index is -0.170. The molecule has 1 N–H and O–H groups in total. The Labute approximate surface area is 128 Å². The predicted molar refractivity (Wildman–Crippen MR) is 82.7 cm³/mol. The number of carbonyl (C=O) groups excluding carboxylic acids is 1. The van der Waals surface area contributed by atoms with Crippen molar-refractivity contribution in [3.63, 3.8) is 0 Å². The van der Waals surface area contributed by atoms with Crippen LogP contribution in [0.25, 0.3) is 0 Å². The van der Waals surface area contributed by atoms with Gasteiger partial charge in [0.2, 0.25) is 0 Å². The first-order chi connectivity index (χ1) is 9.94. The lowest BCUT2D eigenvalue weighted by Crippen LogP contribution is -2.55. The maximum absolute atomic E-state index is 11.8. The third-order valence-electron chi connectivity index (χ3n) is 7.67. The molecule has 4 aliphatic rings. The Bertz CT molecular complexity index is 508. The van der Waals surface area contributed by atoms with Gasteiger partial charge in [0, 0.05) is 6.42 Å². The van der Waals surface area contributed by atoms with E-state index in [1.165, 1.54) is 31.3 Å². The third-order valence-corrected chi connectivity index (χ3v) is 7.67. The van der Waals surface area contributed by atoms with Gasteiger partial charge in [-0.3, -0.25) is 4.79 Å². The molecule has 3 fully saturated rings. The molecule has 21 heavy (non-hydrogen) atoms. The van der Waals surface area contributed by atoms with Crippen molar-refractivity contribution in [2.75, 3.05) is 0 Å². The van der Waals surface area contributed by atoms with Crippen LogP contribution < -0.4 is 0 Å². The monoisotopic (exact) mass is 288 g/mol. The van der Waals surface area contributed by atoms with Crippen molar-refractivity contribution in [3.05, 3.63) is 11.6 Å². The third kappa shape index (κ3) is 1.84. The Morgan fingerprint density at radius 2 is 2.00 bits per heavy atom. The van der Waals surface area contributed by atoms with E-state index in [-0.39, 0.29) is 11.5 Å². The second-order valence-electron chi connectivity index (χ2n) is 8.71. The first-order valence-electron chi connectivity index (χ1n) is 8.86. The summed E-state index contributed by atoms with van der Waals surface area (Å²) in [5.41, 5.74) is 1.81. The number of hydrogen-bond acceptors (Lipinski definition) is 2. The first kappa shape index (κ1) is 14.0. The highest BCUT2D eigenvalue weighted by atomic mass is 16.3. The number of ketones is 1. The topological polar surface area (TPSA) is 37.3 Å². The van der Waals surface area contributed by atoms with Crippen LogP contribution in [0.1, 0.15) is 65.2 Å². The standard InChI is InChI=1S/C19H28O2/c1-18-8-3-4-15(18)14-6-5-12-10-13(20)7-9-19(12,2)17(14)16(21)11-18/h10,14-17,21H,3-9,11H2,1-2H3/t14?,15?,16-,17?,18?,19?/m0/s1. The fraction of sp³-hybridized carbons (Fsp3) is 0.842. The molecule has 6 atom stereocenters. The Hall–Kier alpha value is -0.630. The van der Waals surface area contributed by atoms with Crippen LogP contribution in [0.4, 0.5) is 0 Å². The lowest BCUT2D eigenvalue weighted by atomic mass is 9.46. The lowest BCUT2D eigenvalue weighted by molar-refractivity contribution is -0.127. The molecule has 0 aromatic heterocycles. The van der Waals surface area contributed by atoms with E-state index in [0.717, 1.165) is 25.2 Å². The molecular weight excluding hydrogens is 260 g/mol. The summed E-state index contributed by atoms with van der Waals surface area (Å²) in [4.78, 5) is 11.8. The maximum atomic E-state index is 11.8. The smallest absolute Gasteiger partial charge is 0.155 e. The fourth-order valence-corrected chi connectivity index (χ4v) is 6.70. The molecule has 0 heterocycles. The van der Waals surface area contributed by atoms with Gasteiger partial charge in [0.25, 0.3) is 0 Å². The van der Waals surface area contributed by atoms with Crippen LogP contribution in [-0.2, 0) is 4.79 Å². The van der Waals surface area contributed by atoms with Crippen LogP contribution in [0.15, 0.2) is 11.6 Å². The van der Waals surface area contributed by atoms with Gasteiger partial charge in [-0.25, -0.2) is 0 Å². The highest BCUT2D eigenvalue weighted by Crippen LogP contribution is 2.65. The van der Waals surface area contributed by atoms with Crippen molar-refractivity contribution in [2.24, 2.45) is 28.6 Å². The molecule has 2 nitrogen and oxygen atoms in total. The summed E-state index contributed by atoms with van der Waals surface area (Å²) in [6, 6.07) is 0. The molecule has 0 aliphatic heterocycles. The van der Waals surface area contributed by atoms with Crippen LogP contribution in [0.5, 0.6) is 0 Å². The van der Waals surface area contributed by atoms with Crippen LogP contribution in [0, 0.1) is 28.6 Å². The SMILES string of the molecule is CC12CCCC1C1CCC3=CC(=O)CCC3(C)C1[C@@H](O)C2. The molecule has 4 aliphatic carbocycles. The van der Waals surface area contributed by atoms with Gasteiger partial charge in [-0.2, -0.15) is 0 Å². The van der Waals surface area contributed by atoms with Gasteiger partial charge in [-0.15, -0.1) is 0 Å². The van der Waals surface area contributed by atoms with Gasteiger partial charge in [0.05, 0.1) is 6.10 Å². The van der Waals surface area contributed by atoms with E-state index in [1.807, 2.05) is 6.08 Å². The van der Waals surface area contributed by atoms with Gasteiger partial charge in [0.1, 0.15) is 0 Å². The Morgan fingerprint density at radius 1 is 1.19 bits per heavy atom. The summed E-state index contributed by atoms with van der Waals surface area (Å²) in [7, 11) is 0. The summed E-state index contributed by atoms with van der Waals surface area (Å²) < 4.78 is 0. The second kappa shape index (κ2) is 4.44. The van der Waals surface area contributed by atoms with Crippen molar-refractivity contribution in [1.29, 1.82) is 0 Å². The summed E-state index contributed by atoms with van der Waals surface area (Å²) in [5, 5.41) is 11.0. The highest BCUT2D eigenvalue weighted by Gasteiger charge is 2.59. The quantitative estimate of drug-likeness (QED) is 0.734. The minimum Gasteiger partial charge on any atom is -0.393 e. The summed E-state index contributed by atoms with van der Waals surface area (Å²) in [6.07, 6.45) is 10.7. The molecule has 0 amide bonds. The molecule has 0 spiro atoms. The maximum Gasteiger partial charge on any atom is 0.155 e. The molecule has 0 aromatic rings. The molecule has 0 bridgehead atoms. The number of aliphatic hydroxyl groups is 1. The number of carbonyl (C=O) groups is 1. The zero-order valence-corrected chi connectivity index (χ0v) is 13.4. The second-order valence-corrected chi connectivity index (χ2v) is 8.71. The van der Waals surface area contributed by atoms with Gasteiger partial charge in [0.15, 0.2) is 5.78 Å². The molecular formula is C19H28O2. The Balaban J connectivity index is 1.74. The highest BCUT2D eigenvalue weighted by molar-refractivity contribution is 5.91. The van der Waals surface area contributed by atoms with Crippen LogP contribution in [-0.4, -0.2) is 17.0 Å². The van der Waals surface area contributed by atoms with Crippen LogP contribution >= 0.6 is 0 Å². The zero-order valence-electron chi connectivity index (χ0n) is 13.4. The number of aliphatic hydroxyl groups excluding tert-OH is 1. The van der Waals surface area contributed by atoms with E-state index >= 15 is 0 Å². The molecule has 0 saturated heterocycles. The molecule has 4 rings (SSSR count). The molecule has 5 unspecified atom stereocenters. The average molecular weight is 288 g/mol. The van der Waals surface area contributed by atoms with Gasteiger partial charge < -0.3 is 5.11 Å². The predicted octanol–water partition coefficient (Wildman–Crippen LogP) is 3.88. The lowest BCUT2D eigenvalue weighted by Gasteiger charge is -2.59. The van der Waals surface area contributed by atoms with Gasteiger partial charge >= 0.3 is 0 Å². The fourth-order valence-electron chi connectivity index (χ4n) is 6.70. The normalized spacial score (nSPS) is 52.7. The van der Waals surface area contributed by atoms with E-state index < -0.39 is 0 Å². The molecule has 0 aromatic carbocycles. The zero-order chi connectivity index (χ0) is 14.8. The van der Waals surface area contributed by atoms with E-state index in [1.54, 1.807) is 0 Å². The number of allylic oxidation sites excluding steroid dienone is 1. The van der Waals surface area contributed by atoms with Gasteiger partial charge in [-0.1, -0.05) is 25.8 Å². The average Bonchev–Trinajstić information content (AvgIpc) is 2.80. The molecule has 116 valence electrons. The number of rotatable bonds is 0. The van der Waals surface area contributed by atoms with Crippen molar-refractivity contribution >= 4 is 5.78 Å².